The highest BCUT2D eigenvalue weighted by Gasteiger charge is 2.15. The maximum absolute atomic E-state index is 11.9. The van der Waals surface area contributed by atoms with E-state index >= 15 is 0 Å². The van der Waals surface area contributed by atoms with Crippen molar-refractivity contribution < 1.29 is 13.2 Å². The topological polar surface area (TPSA) is 73.9 Å². The number of sulfonamides is 1. The van der Waals surface area contributed by atoms with Crippen LogP contribution >= 0.6 is 0 Å². The Morgan fingerprint density at radius 3 is 2.65 bits per heavy atom. The van der Waals surface area contributed by atoms with Crippen molar-refractivity contribution in [3.05, 3.63) is 0 Å². The summed E-state index contributed by atoms with van der Waals surface area (Å²) in [4.78, 5) is 4.22. The van der Waals surface area contributed by atoms with Crippen LogP contribution in [0.2, 0.25) is 0 Å². The van der Waals surface area contributed by atoms with Gasteiger partial charge in [0.25, 0.3) is 0 Å². The minimum absolute atomic E-state index is 0.175. The van der Waals surface area contributed by atoms with Gasteiger partial charge in [0.1, 0.15) is 0 Å². The van der Waals surface area contributed by atoms with Crippen LogP contribution < -0.4 is 10.0 Å². The number of nitrogens with zero attached hydrogens (tertiary/aromatic N) is 2. The molecule has 0 radical (unpaired) electrons. The molecule has 1 rings (SSSR count). The molecule has 2 N–H and O–H groups in total. The standard InChI is InChI=1S/C12H28N4O3S/c1-15(9-11-19-2)6-5-14-20(17,18)12-10-16-7-3-13-4-8-16/h13-14H,3-12H2,1-2H3. The van der Waals surface area contributed by atoms with E-state index in [1.54, 1.807) is 7.11 Å². The van der Waals surface area contributed by atoms with Gasteiger partial charge in [0.2, 0.25) is 10.0 Å². The number of methoxy groups -OCH3 is 1. The molecule has 0 aromatic carbocycles. The van der Waals surface area contributed by atoms with Crippen LogP contribution in [0.4, 0.5) is 0 Å². The normalized spacial score (nSPS) is 17.8. The van der Waals surface area contributed by atoms with Crippen molar-refractivity contribution in [2.45, 2.75) is 0 Å². The fraction of sp³-hybridized carbons (Fsp3) is 1.00. The SMILES string of the molecule is COCCN(C)CCNS(=O)(=O)CCN1CCNCC1. The molecule has 0 saturated carbocycles. The van der Waals surface area contributed by atoms with E-state index in [0.717, 1.165) is 32.7 Å². The summed E-state index contributed by atoms with van der Waals surface area (Å²) in [6.07, 6.45) is 0. The molecule has 120 valence electrons. The van der Waals surface area contributed by atoms with Gasteiger partial charge in [-0.05, 0) is 7.05 Å². The molecule has 1 fully saturated rings. The molecular weight excluding hydrogens is 280 g/mol. The van der Waals surface area contributed by atoms with Gasteiger partial charge in [0, 0.05) is 59.5 Å². The van der Waals surface area contributed by atoms with E-state index < -0.39 is 10.0 Å². The highest BCUT2D eigenvalue weighted by Crippen LogP contribution is 1.94. The molecule has 0 atom stereocenters. The van der Waals surface area contributed by atoms with E-state index in [-0.39, 0.29) is 5.75 Å². The van der Waals surface area contributed by atoms with E-state index in [4.69, 9.17) is 4.74 Å². The molecule has 0 bridgehead atoms. The van der Waals surface area contributed by atoms with Crippen molar-refractivity contribution in [2.24, 2.45) is 0 Å². The number of hydrogen-bond donors (Lipinski definition) is 2. The molecule has 8 heteroatoms. The number of rotatable bonds is 10. The third-order valence-corrected chi connectivity index (χ3v) is 4.74. The molecule has 0 aliphatic carbocycles. The second-order valence-electron chi connectivity index (χ2n) is 5.10. The van der Waals surface area contributed by atoms with Crippen LogP contribution in [0.5, 0.6) is 0 Å². The van der Waals surface area contributed by atoms with Crippen LogP contribution in [0, 0.1) is 0 Å². The van der Waals surface area contributed by atoms with Crippen molar-refractivity contribution in [1.29, 1.82) is 0 Å². The molecule has 0 spiro atoms. The van der Waals surface area contributed by atoms with Crippen LogP contribution in [0.15, 0.2) is 0 Å². The highest BCUT2D eigenvalue weighted by atomic mass is 32.2. The number of piperazine rings is 1. The van der Waals surface area contributed by atoms with Gasteiger partial charge in [-0.1, -0.05) is 0 Å². The number of nitrogens with one attached hydrogen (secondary N) is 2. The van der Waals surface area contributed by atoms with Crippen molar-refractivity contribution >= 4 is 10.0 Å². The zero-order valence-corrected chi connectivity index (χ0v) is 13.4. The van der Waals surface area contributed by atoms with E-state index in [0.29, 0.717) is 26.2 Å². The Bertz CT molecular complexity index is 345. The Morgan fingerprint density at radius 1 is 1.30 bits per heavy atom. The van der Waals surface area contributed by atoms with Gasteiger partial charge in [-0.25, -0.2) is 13.1 Å². The summed E-state index contributed by atoms with van der Waals surface area (Å²) in [7, 11) is 0.445. The quantitative estimate of drug-likeness (QED) is 0.506. The molecule has 1 heterocycles. The lowest BCUT2D eigenvalue weighted by Gasteiger charge is -2.26. The summed E-state index contributed by atoms with van der Waals surface area (Å²) in [5.41, 5.74) is 0. The molecule has 20 heavy (non-hydrogen) atoms. The summed E-state index contributed by atoms with van der Waals surface area (Å²) in [5, 5.41) is 3.25. The number of ether oxygens (including phenoxy) is 1. The second-order valence-corrected chi connectivity index (χ2v) is 7.03. The molecule has 0 aromatic rings. The predicted molar refractivity (Wildman–Crippen MR) is 80.5 cm³/mol. The molecular formula is C12H28N4O3S. The minimum atomic E-state index is -3.17. The average Bonchev–Trinajstić information content (AvgIpc) is 2.44. The van der Waals surface area contributed by atoms with Crippen molar-refractivity contribution in [3.63, 3.8) is 0 Å². The lowest BCUT2D eigenvalue weighted by Crippen LogP contribution is -2.46. The first kappa shape index (κ1) is 17.8. The van der Waals surface area contributed by atoms with Crippen LogP contribution in [-0.2, 0) is 14.8 Å². The third-order valence-electron chi connectivity index (χ3n) is 3.38. The molecule has 0 amide bonds. The molecule has 1 aliphatic heterocycles. The van der Waals surface area contributed by atoms with Gasteiger partial charge in [0.05, 0.1) is 12.4 Å². The summed E-state index contributed by atoms with van der Waals surface area (Å²) < 4.78 is 31.4. The minimum Gasteiger partial charge on any atom is -0.383 e. The largest absolute Gasteiger partial charge is 0.383 e. The predicted octanol–water partition coefficient (Wildman–Crippen LogP) is -1.61. The van der Waals surface area contributed by atoms with Crippen molar-refractivity contribution in [1.82, 2.24) is 19.8 Å². The van der Waals surface area contributed by atoms with Crippen molar-refractivity contribution in [2.75, 3.05) is 78.9 Å². The maximum Gasteiger partial charge on any atom is 0.212 e. The van der Waals surface area contributed by atoms with Crippen LogP contribution in [0.1, 0.15) is 0 Å². The smallest absolute Gasteiger partial charge is 0.212 e. The third kappa shape index (κ3) is 8.13. The van der Waals surface area contributed by atoms with Gasteiger partial charge in [0.15, 0.2) is 0 Å². The summed E-state index contributed by atoms with van der Waals surface area (Å²) in [5.74, 6) is 0.175. The molecule has 7 nitrogen and oxygen atoms in total. The Hall–Kier alpha value is -0.250. The first-order chi connectivity index (χ1) is 9.53. The van der Waals surface area contributed by atoms with Gasteiger partial charge < -0.3 is 15.0 Å². The van der Waals surface area contributed by atoms with Gasteiger partial charge >= 0.3 is 0 Å². The Labute approximate surface area is 122 Å². The maximum atomic E-state index is 11.9. The van der Waals surface area contributed by atoms with E-state index in [9.17, 15) is 8.42 Å². The van der Waals surface area contributed by atoms with Gasteiger partial charge in [-0.15, -0.1) is 0 Å². The average molecular weight is 308 g/mol. The highest BCUT2D eigenvalue weighted by molar-refractivity contribution is 7.89. The lowest BCUT2D eigenvalue weighted by atomic mass is 10.4. The lowest BCUT2D eigenvalue weighted by molar-refractivity contribution is 0.162. The number of hydrogen-bond acceptors (Lipinski definition) is 6. The summed E-state index contributed by atoms with van der Waals surface area (Å²) in [6, 6.07) is 0. The van der Waals surface area contributed by atoms with E-state index in [1.807, 2.05) is 11.9 Å². The molecule has 0 aromatic heterocycles. The fourth-order valence-corrected chi connectivity index (χ4v) is 3.05. The number of likely N-dealkylation sites (N-methyl/N-ethyl adjacent to an activating group) is 1. The summed E-state index contributed by atoms with van der Waals surface area (Å²) in [6.45, 7) is 6.95. The first-order valence-electron chi connectivity index (χ1n) is 7.11. The zero-order chi connectivity index (χ0) is 14.8. The van der Waals surface area contributed by atoms with E-state index in [1.165, 1.54) is 0 Å². The van der Waals surface area contributed by atoms with Crippen LogP contribution in [0.3, 0.4) is 0 Å². The zero-order valence-electron chi connectivity index (χ0n) is 12.6. The summed E-state index contributed by atoms with van der Waals surface area (Å²) >= 11 is 0. The van der Waals surface area contributed by atoms with Crippen LogP contribution in [0.25, 0.3) is 0 Å². The second kappa shape index (κ2) is 9.64. The van der Waals surface area contributed by atoms with Crippen LogP contribution in [-0.4, -0.2) is 97.1 Å². The molecule has 1 aliphatic rings. The molecule has 0 unspecified atom stereocenters. The fourth-order valence-electron chi connectivity index (χ4n) is 2.01. The Morgan fingerprint density at radius 2 is 2.00 bits per heavy atom. The molecule has 1 saturated heterocycles. The Kier molecular flexibility index (Phi) is 8.58. The Balaban J connectivity index is 2.14. The van der Waals surface area contributed by atoms with Gasteiger partial charge in [-0.2, -0.15) is 0 Å². The first-order valence-corrected chi connectivity index (χ1v) is 8.76. The van der Waals surface area contributed by atoms with E-state index in [2.05, 4.69) is 14.9 Å². The van der Waals surface area contributed by atoms with Gasteiger partial charge in [-0.3, -0.25) is 4.90 Å². The monoisotopic (exact) mass is 308 g/mol. The van der Waals surface area contributed by atoms with Crippen molar-refractivity contribution in [3.8, 4) is 0 Å².